The van der Waals surface area contributed by atoms with Crippen LogP contribution in [0.4, 0.5) is 13.2 Å². The maximum Gasteiger partial charge on any atom is 0.416 e. The summed E-state index contributed by atoms with van der Waals surface area (Å²) < 4.78 is 53.5. The number of rotatable bonds is 5. The molecule has 1 aromatic heterocycles. The normalized spacial score (nSPS) is 19.2. The minimum Gasteiger partial charge on any atom is -0.483 e. The third-order valence-corrected chi connectivity index (χ3v) is 7.17. The van der Waals surface area contributed by atoms with Crippen LogP contribution in [-0.4, -0.2) is 46.7 Å². The van der Waals surface area contributed by atoms with Crippen molar-refractivity contribution in [2.24, 2.45) is 0 Å². The molecule has 5 rings (SSSR count). The molecule has 0 radical (unpaired) electrons. The SMILES string of the molecule is Cc1cc(Cl)ccc1OCC(=O)N1CCC(n2c(C3CCCO3)nc3cc(C(F)(F)F)ccc32)CC1. The highest BCUT2D eigenvalue weighted by molar-refractivity contribution is 6.30. The highest BCUT2D eigenvalue weighted by Gasteiger charge is 2.34. The van der Waals surface area contributed by atoms with Gasteiger partial charge in [-0.05, 0) is 74.6 Å². The Morgan fingerprint density at radius 1 is 1.17 bits per heavy atom. The lowest BCUT2D eigenvalue weighted by Crippen LogP contribution is -2.41. The number of amides is 1. The zero-order valence-corrected chi connectivity index (χ0v) is 20.6. The molecule has 2 fully saturated rings. The first-order valence-electron chi connectivity index (χ1n) is 12.1. The van der Waals surface area contributed by atoms with Crippen LogP contribution >= 0.6 is 11.6 Å². The van der Waals surface area contributed by atoms with Gasteiger partial charge in [0.15, 0.2) is 6.61 Å². The van der Waals surface area contributed by atoms with Crippen molar-refractivity contribution in [2.45, 2.75) is 50.9 Å². The molecule has 1 amide bonds. The Bertz CT molecular complexity index is 1260. The number of carbonyl (C=O) groups excluding carboxylic acids is 1. The van der Waals surface area contributed by atoms with E-state index in [-0.39, 0.29) is 24.7 Å². The van der Waals surface area contributed by atoms with Crippen molar-refractivity contribution in [2.75, 3.05) is 26.3 Å². The lowest BCUT2D eigenvalue weighted by molar-refractivity contribution is -0.137. The van der Waals surface area contributed by atoms with Crippen LogP contribution in [0.1, 0.15) is 54.8 Å². The van der Waals surface area contributed by atoms with Gasteiger partial charge in [0, 0.05) is 30.8 Å². The summed E-state index contributed by atoms with van der Waals surface area (Å²) in [6.07, 6.45) is -1.66. The minimum atomic E-state index is -4.43. The first kappa shape index (κ1) is 24.9. The van der Waals surface area contributed by atoms with Gasteiger partial charge in [-0.2, -0.15) is 13.2 Å². The van der Waals surface area contributed by atoms with E-state index in [0.29, 0.717) is 60.2 Å². The number of imidazole rings is 1. The number of carbonyl (C=O) groups is 1. The van der Waals surface area contributed by atoms with Crippen molar-refractivity contribution in [3.8, 4) is 5.75 Å². The van der Waals surface area contributed by atoms with Gasteiger partial charge in [-0.15, -0.1) is 0 Å². The van der Waals surface area contributed by atoms with Gasteiger partial charge in [-0.3, -0.25) is 4.79 Å². The summed E-state index contributed by atoms with van der Waals surface area (Å²) in [5.41, 5.74) is 1.13. The fourth-order valence-electron chi connectivity index (χ4n) is 5.06. The minimum absolute atomic E-state index is 0.00872. The number of hydrogen-bond donors (Lipinski definition) is 0. The predicted octanol–water partition coefficient (Wildman–Crippen LogP) is 6.11. The van der Waals surface area contributed by atoms with E-state index >= 15 is 0 Å². The summed E-state index contributed by atoms with van der Waals surface area (Å²) in [5, 5.41) is 0.609. The van der Waals surface area contributed by atoms with Crippen LogP contribution < -0.4 is 4.74 Å². The highest BCUT2D eigenvalue weighted by atomic mass is 35.5. The molecule has 36 heavy (non-hydrogen) atoms. The average Bonchev–Trinajstić information content (AvgIpc) is 3.50. The summed E-state index contributed by atoms with van der Waals surface area (Å²) in [6, 6.07) is 8.98. The Balaban J connectivity index is 1.31. The number of piperidine rings is 1. The van der Waals surface area contributed by atoms with E-state index in [1.165, 1.54) is 6.07 Å². The number of benzene rings is 2. The van der Waals surface area contributed by atoms with E-state index < -0.39 is 11.7 Å². The van der Waals surface area contributed by atoms with E-state index in [0.717, 1.165) is 30.5 Å². The fourth-order valence-corrected chi connectivity index (χ4v) is 5.29. The molecule has 192 valence electrons. The van der Waals surface area contributed by atoms with Gasteiger partial charge in [0.25, 0.3) is 5.91 Å². The zero-order valence-electron chi connectivity index (χ0n) is 19.9. The molecular weight excluding hydrogens is 495 g/mol. The number of likely N-dealkylation sites (tertiary alicyclic amines) is 1. The Hall–Kier alpha value is -2.78. The third kappa shape index (κ3) is 5.04. The van der Waals surface area contributed by atoms with Gasteiger partial charge in [0.05, 0.1) is 16.6 Å². The maximum atomic E-state index is 13.3. The van der Waals surface area contributed by atoms with Gasteiger partial charge in [0.1, 0.15) is 17.7 Å². The van der Waals surface area contributed by atoms with Crippen molar-refractivity contribution in [3.63, 3.8) is 0 Å². The molecule has 1 atom stereocenters. The second-order valence-electron chi connectivity index (χ2n) is 9.35. The van der Waals surface area contributed by atoms with E-state index in [1.54, 1.807) is 23.1 Å². The maximum absolute atomic E-state index is 13.3. The lowest BCUT2D eigenvalue weighted by atomic mass is 10.0. The molecule has 0 bridgehead atoms. The molecule has 2 aliphatic rings. The molecule has 3 heterocycles. The first-order valence-corrected chi connectivity index (χ1v) is 12.5. The average molecular weight is 522 g/mol. The van der Waals surface area contributed by atoms with Crippen LogP contribution in [0.3, 0.4) is 0 Å². The smallest absolute Gasteiger partial charge is 0.416 e. The van der Waals surface area contributed by atoms with Gasteiger partial charge >= 0.3 is 6.18 Å². The topological polar surface area (TPSA) is 56.6 Å². The first-order chi connectivity index (χ1) is 17.2. The molecule has 3 aromatic rings. The molecule has 0 spiro atoms. The molecule has 0 aliphatic carbocycles. The summed E-state index contributed by atoms with van der Waals surface area (Å²) in [6.45, 7) is 3.47. The monoisotopic (exact) mass is 521 g/mol. The van der Waals surface area contributed by atoms with Crippen LogP contribution in [0.25, 0.3) is 11.0 Å². The molecular formula is C26H27ClF3N3O3. The number of aryl methyl sites for hydroxylation is 1. The molecule has 0 N–H and O–H groups in total. The van der Waals surface area contributed by atoms with Crippen molar-refractivity contribution in [3.05, 3.63) is 58.4 Å². The molecule has 2 aliphatic heterocycles. The summed E-state index contributed by atoms with van der Waals surface area (Å²) in [4.78, 5) is 19.2. The van der Waals surface area contributed by atoms with Crippen LogP contribution in [0, 0.1) is 6.92 Å². The van der Waals surface area contributed by atoms with Crippen LogP contribution in [-0.2, 0) is 15.7 Å². The Labute approximate surface area is 211 Å². The van der Waals surface area contributed by atoms with Crippen LogP contribution in [0.5, 0.6) is 5.75 Å². The third-order valence-electron chi connectivity index (χ3n) is 6.93. The van der Waals surface area contributed by atoms with Crippen LogP contribution in [0.15, 0.2) is 36.4 Å². The summed E-state index contributed by atoms with van der Waals surface area (Å²) >= 11 is 5.98. The molecule has 1 unspecified atom stereocenters. The number of halogens is 4. The van der Waals surface area contributed by atoms with Crippen molar-refractivity contribution < 1.29 is 27.4 Å². The van der Waals surface area contributed by atoms with E-state index in [2.05, 4.69) is 4.98 Å². The Kier molecular flexibility index (Phi) is 6.87. The molecule has 10 heteroatoms. The van der Waals surface area contributed by atoms with Gasteiger partial charge < -0.3 is 18.9 Å². The molecule has 2 saturated heterocycles. The summed E-state index contributed by atoms with van der Waals surface area (Å²) in [5.74, 6) is 1.19. The quantitative estimate of drug-likeness (QED) is 0.406. The van der Waals surface area contributed by atoms with Gasteiger partial charge in [0.2, 0.25) is 0 Å². The number of fused-ring (bicyclic) bond motifs is 1. The number of aromatic nitrogens is 2. The number of nitrogens with zero attached hydrogens (tertiary/aromatic N) is 3. The van der Waals surface area contributed by atoms with E-state index in [9.17, 15) is 18.0 Å². The Morgan fingerprint density at radius 2 is 1.94 bits per heavy atom. The highest BCUT2D eigenvalue weighted by Crippen LogP contribution is 2.38. The molecule has 6 nitrogen and oxygen atoms in total. The lowest BCUT2D eigenvalue weighted by Gasteiger charge is -2.34. The van der Waals surface area contributed by atoms with Crippen LogP contribution in [0.2, 0.25) is 5.02 Å². The fraction of sp³-hybridized carbons (Fsp3) is 0.462. The van der Waals surface area contributed by atoms with Crippen molar-refractivity contribution >= 4 is 28.5 Å². The molecule has 2 aromatic carbocycles. The zero-order chi connectivity index (χ0) is 25.4. The summed E-state index contributed by atoms with van der Waals surface area (Å²) in [7, 11) is 0. The van der Waals surface area contributed by atoms with E-state index in [4.69, 9.17) is 21.1 Å². The Morgan fingerprint density at radius 3 is 2.61 bits per heavy atom. The number of hydrogen-bond acceptors (Lipinski definition) is 4. The van der Waals surface area contributed by atoms with Crippen molar-refractivity contribution in [1.82, 2.24) is 14.5 Å². The second kappa shape index (κ2) is 9.94. The van der Waals surface area contributed by atoms with Gasteiger partial charge in [-0.1, -0.05) is 11.6 Å². The second-order valence-corrected chi connectivity index (χ2v) is 9.79. The largest absolute Gasteiger partial charge is 0.483 e. The number of ether oxygens (including phenoxy) is 2. The van der Waals surface area contributed by atoms with Gasteiger partial charge in [-0.25, -0.2) is 4.98 Å². The number of alkyl halides is 3. The van der Waals surface area contributed by atoms with Crippen molar-refractivity contribution in [1.29, 1.82) is 0 Å². The standard InChI is InChI=1S/C26H27ClF3N3O3/c1-16-13-18(27)5-7-22(16)36-15-24(34)32-10-8-19(9-11-32)33-21-6-4-17(26(28,29)30)14-20(21)31-25(33)23-3-2-12-35-23/h4-7,13-14,19,23H,2-3,8-12,15H2,1H3. The van der Waals surface area contributed by atoms with E-state index in [1.807, 2.05) is 11.5 Å². The predicted molar refractivity (Wildman–Crippen MR) is 129 cm³/mol. The molecule has 0 saturated carbocycles.